The predicted octanol–water partition coefficient (Wildman–Crippen LogP) is 2.68. The summed E-state index contributed by atoms with van der Waals surface area (Å²) in [5, 5.41) is 0. The summed E-state index contributed by atoms with van der Waals surface area (Å²) < 4.78 is 25.6. The molecule has 1 heterocycles. The molecule has 0 fully saturated rings. The standard InChI is InChI=1S/C10H10F2N2/c11-10(12)3-1-8(2-4-10)9-7-13-5-6-14-9/h1,5-7H,2-4H2. The second-order valence-corrected chi connectivity index (χ2v) is 3.38. The summed E-state index contributed by atoms with van der Waals surface area (Å²) in [7, 11) is 0. The zero-order valence-corrected chi connectivity index (χ0v) is 7.58. The molecule has 0 saturated heterocycles. The fourth-order valence-corrected chi connectivity index (χ4v) is 1.49. The van der Waals surface area contributed by atoms with Gasteiger partial charge in [-0.25, -0.2) is 8.78 Å². The van der Waals surface area contributed by atoms with Crippen LogP contribution in [0.2, 0.25) is 0 Å². The molecule has 0 saturated carbocycles. The van der Waals surface area contributed by atoms with Gasteiger partial charge >= 0.3 is 0 Å². The molecule has 1 aromatic rings. The fourth-order valence-electron chi connectivity index (χ4n) is 1.49. The van der Waals surface area contributed by atoms with Crippen molar-refractivity contribution in [3.8, 4) is 0 Å². The average molecular weight is 196 g/mol. The maximum Gasteiger partial charge on any atom is 0.251 e. The van der Waals surface area contributed by atoms with Gasteiger partial charge in [0.2, 0.25) is 0 Å². The van der Waals surface area contributed by atoms with E-state index in [9.17, 15) is 8.78 Å². The molecule has 14 heavy (non-hydrogen) atoms. The lowest BCUT2D eigenvalue weighted by Crippen LogP contribution is -2.18. The Morgan fingerprint density at radius 2 is 2.14 bits per heavy atom. The summed E-state index contributed by atoms with van der Waals surface area (Å²) in [5.74, 6) is -2.54. The van der Waals surface area contributed by atoms with Crippen molar-refractivity contribution in [2.75, 3.05) is 0 Å². The van der Waals surface area contributed by atoms with Gasteiger partial charge in [-0.05, 0) is 12.0 Å². The van der Waals surface area contributed by atoms with Gasteiger partial charge in [0.1, 0.15) is 0 Å². The zero-order chi connectivity index (χ0) is 10.0. The summed E-state index contributed by atoms with van der Waals surface area (Å²) in [5.41, 5.74) is 1.59. The Bertz CT molecular complexity index is 346. The molecule has 0 unspecified atom stereocenters. The molecule has 74 valence electrons. The lowest BCUT2D eigenvalue weighted by atomic mass is 9.94. The molecule has 0 amide bonds. The Balaban J connectivity index is 2.19. The fraction of sp³-hybridized carbons (Fsp3) is 0.400. The minimum absolute atomic E-state index is 0.0879. The Labute approximate surface area is 80.7 Å². The number of aromatic nitrogens is 2. The topological polar surface area (TPSA) is 25.8 Å². The monoisotopic (exact) mass is 196 g/mol. The third-order valence-corrected chi connectivity index (χ3v) is 2.30. The first-order valence-electron chi connectivity index (χ1n) is 4.51. The van der Waals surface area contributed by atoms with Crippen LogP contribution in [0.25, 0.3) is 5.57 Å². The first kappa shape index (κ1) is 9.24. The summed E-state index contributed by atoms with van der Waals surface area (Å²) >= 11 is 0. The number of nitrogens with zero attached hydrogens (tertiary/aromatic N) is 2. The van der Waals surface area contributed by atoms with E-state index < -0.39 is 5.92 Å². The van der Waals surface area contributed by atoms with E-state index in [1.54, 1.807) is 24.7 Å². The van der Waals surface area contributed by atoms with Gasteiger partial charge in [0.25, 0.3) is 5.92 Å². The Hall–Kier alpha value is -1.32. The van der Waals surface area contributed by atoms with E-state index in [1.807, 2.05) is 0 Å². The third kappa shape index (κ3) is 1.95. The van der Waals surface area contributed by atoms with E-state index in [-0.39, 0.29) is 12.8 Å². The molecule has 0 aliphatic heterocycles. The lowest BCUT2D eigenvalue weighted by Gasteiger charge is -2.20. The van der Waals surface area contributed by atoms with Crippen LogP contribution in [-0.4, -0.2) is 15.9 Å². The van der Waals surface area contributed by atoms with Crippen LogP contribution in [0.15, 0.2) is 24.7 Å². The van der Waals surface area contributed by atoms with E-state index in [0.29, 0.717) is 12.1 Å². The van der Waals surface area contributed by atoms with Gasteiger partial charge in [0, 0.05) is 25.2 Å². The van der Waals surface area contributed by atoms with Crippen LogP contribution in [0.3, 0.4) is 0 Å². The summed E-state index contributed by atoms with van der Waals surface area (Å²) in [6, 6.07) is 0. The van der Waals surface area contributed by atoms with Gasteiger partial charge in [-0.1, -0.05) is 6.08 Å². The summed E-state index contributed by atoms with van der Waals surface area (Å²) in [4.78, 5) is 7.98. The molecule has 0 atom stereocenters. The van der Waals surface area contributed by atoms with Gasteiger partial charge in [-0.15, -0.1) is 0 Å². The first-order chi connectivity index (χ1) is 6.67. The average Bonchev–Trinajstić information content (AvgIpc) is 2.19. The Morgan fingerprint density at radius 3 is 2.71 bits per heavy atom. The molecule has 1 aliphatic carbocycles. The molecule has 0 N–H and O–H groups in total. The Kier molecular flexibility index (Phi) is 2.27. The van der Waals surface area contributed by atoms with E-state index in [1.165, 1.54) is 0 Å². The van der Waals surface area contributed by atoms with Crippen LogP contribution in [0.4, 0.5) is 8.78 Å². The molecule has 4 heteroatoms. The second kappa shape index (κ2) is 3.44. The van der Waals surface area contributed by atoms with E-state index in [4.69, 9.17) is 0 Å². The minimum atomic E-state index is -2.54. The van der Waals surface area contributed by atoms with Gasteiger partial charge in [-0.3, -0.25) is 9.97 Å². The molecule has 1 aromatic heterocycles. The highest BCUT2D eigenvalue weighted by Gasteiger charge is 2.31. The highest BCUT2D eigenvalue weighted by atomic mass is 19.3. The maximum absolute atomic E-state index is 12.8. The molecule has 0 radical (unpaired) electrons. The lowest BCUT2D eigenvalue weighted by molar-refractivity contribution is -0.00605. The number of hydrogen-bond donors (Lipinski definition) is 0. The molecule has 0 aromatic carbocycles. The van der Waals surface area contributed by atoms with Crippen LogP contribution in [-0.2, 0) is 0 Å². The van der Waals surface area contributed by atoms with Gasteiger partial charge < -0.3 is 0 Å². The number of allylic oxidation sites excluding steroid dienone is 2. The van der Waals surface area contributed by atoms with Crippen LogP contribution >= 0.6 is 0 Å². The van der Waals surface area contributed by atoms with Crippen molar-refractivity contribution < 1.29 is 8.78 Å². The van der Waals surface area contributed by atoms with Crippen molar-refractivity contribution >= 4 is 5.57 Å². The SMILES string of the molecule is FC1(F)CC=C(c2cnccn2)CC1. The summed E-state index contributed by atoms with van der Waals surface area (Å²) in [6.45, 7) is 0. The zero-order valence-electron chi connectivity index (χ0n) is 7.58. The summed E-state index contributed by atoms with van der Waals surface area (Å²) in [6.07, 6.45) is 6.42. The minimum Gasteiger partial charge on any atom is -0.261 e. The molecular weight excluding hydrogens is 186 g/mol. The van der Waals surface area contributed by atoms with Crippen molar-refractivity contribution in [3.63, 3.8) is 0 Å². The van der Waals surface area contributed by atoms with Crippen molar-refractivity contribution in [1.29, 1.82) is 0 Å². The van der Waals surface area contributed by atoms with Gasteiger partial charge in [0.15, 0.2) is 0 Å². The maximum atomic E-state index is 12.8. The second-order valence-electron chi connectivity index (χ2n) is 3.38. The number of hydrogen-bond acceptors (Lipinski definition) is 2. The van der Waals surface area contributed by atoms with E-state index in [0.717, 1.165) is 5.57 Å². The van der Waals surface area contributed by atoms with Crippen LogP contribution in [0, 0.1) is 0 Å². The van der Waals surface area contributed by atoms with E-state index in [2.05, 4.69) is 9.97 Å². The van der Waals surface area contributed by atoms with E-state index >= 15 is 0 Å². The predicted molar refractivity (Wildman–Crippen MR) is 48.8 cm³/mol. The number of rotatable bonds is 1. The number of alkyl halides is 2. The molecule has 2 nitrogen and oxygen atoms in total. The van der Waals surface area contributed by atoms with Crippen LogP contribution < -0.4 is 0 Å². The van der Waals surface area contributed by atoms with Crippen molar-refractivity contribution in [2.24, 2.45) is 0 Å². The molecule has 2 rings (SSSR count). The van der Waals surface area contributed by atoms with Crippen LogP contribution in [0.5, 0.6) is 0 Å². The van der Waals surface area contributed by atoms with Crippen molar-refractivity contribution in [3.05, 3.63) is 30.4 Å². The largest absolute Gasteiger partial charge is 0.261 e. The highest BCUT2D eigenvalue weighted by Crippen LogP contribution is 2.35. The molecule has 0 bridgehead atoms. The van der Waals surface area contributed by atoms with Gasteiger partial charge in [-0.2, -0.15) is 0 Å². The third-order valence-electron chi connectivity index (χ3n) is 2.30. The smallest absolute Gasteiger partial charge is 0.251 e. The Morgan fingerprint density at radius 1 is 1.29 bits per heavy atom. The molecule has 1 aliphatic rings. The van der Waals surface area contributed by atoms with Crippen molar-refractivity contribution in [1.82, 2.24) is 9.97 Å². The van der Waals surface area contributed by atoms with Gasteiger partial charge in [0.05, 0.1) is 11.9 Å². The highest BCUT2D eigenvalue weighted by molar-refractivity contribution is 5.62. The quantitative estimate of drug-likeness (QED) is 0.690. The normalized spacial score (nSPS) is 20.3. The first-order valence-corrected chi connectivity index (χ1v) is 4.51. The van der Waals surface area contributed by atoms with Crippen LogP contribution in [0.1, 0.15) is 25.0 Å². The van der Waals surface area contributed by atoms with Crippen molar-refractivity contribution in [2.45, 2.75) is 25.2 Å². The molecular formula is C10H10F2N2. The molecule has 0 spiro atoms. The number of halogens is 2.